The van der Waals surface area contributed by atoms with Crippen molar-refractivity contribution in [2.24, 2.45) is 0 Å². The fraction of sp³-hybridized carbons (Fsp3) is 0.182. The standard InChI is InChI=1S/C44H46O3Si2/c1-43(48(3,4)41-29-15-9-16-30-41,35-21-19-27-39(33-35)45-37-23-11-7-12-24-37)47-44(2,49(5,6)42-31-17-10-18-32-42)36-22-20-28-40(34-36)46-38-25-13-8-14-26-38/h7-34H,1-6H3. The van der Waals surface area contributed by atoms with Crippen molar-refractivity contribution in [2.75, 3.05) is 0 Å². The highest BCUT2D eigenvalue weighted by Crippen LogP contribution is 2.47. The van der Waals surface area contributed by atoms with Crippen molar-refractivity contribution in [3.8, 4) is 23.0 Å². The maximum Gasteiger partial charge on any atom is 0.127 e. The van der Waals surface area contributed by atoms with E-state index in [1.165, 1.54) is 10.4 Å². The van der Waals surface area contributed by atoms with E-state index in [9.17, 15) is 0 Å². The lowest BCUT2D eigenvalue weighted by Crippen LogP contribution is -2.67. The second-order valence-electron chi connectivity index (χ2n) is 14.0. The minimum absolute atomic E-state index is 0.686. The monoisotopic (exact) mass is 678 g/mol. The van der Waals surface area contributed by atoms with Crippen LogP contribution in [0.25, 0.3) is 0 Å². The van der Waals surface area contributed by atoms with Crippen molar-refractivity contribution in [3.63, 3.8) is 0 Å². The highest BCUT2D eigenvalue weighted by Gasteiger charge is 2.56. The third-order valence-corrected chi connectivity index (χ3v) is 19.6. The summed E-state index contributed by atoms with van der Waals surface area (Å²) in [4.78, 5) is 0. The molecule has 0 aromatic heterocycles. The van der Waals surface area contributed by atoms with Crippen LogP contribution >= 0.6 is 0 Å². The normalized spacial score (nSPS) is 14.3. The van der Waals surface area contributed by atoms with E-state index >= 15 is 0 Å². The third-order valence-electron chi connectivity index (χ3n) is 10.5. The number of hydrogen-bond donors (Lipinski definition) is 0. The number of para-hydroxylation sites is 2. The van der Waals surface area contributed by atoms with E-state index in [1.54, 1.807) is 0 Å². The van der Waals surface area contributed by atoms with Crippen LogP contribution in [0.5, 0.6) is 23.0 Å². The average molecular weight is 679 g/mol. The van der Waals surface area contributed by atoms with Crippen LogP contribution in [-0.2, 0) is 15.2 Å². The number of hydrogen-bond acceptors (Lipinski definition) is 3. The maximum atomic E-state index is 8.06. The lowest BCUT2D eigenvalue weighted by atomic mass is 10.1. The molecule has 0 spiro atoms. The zero-order valence-corrected chi connectivity index (χ0v) is 31.4. The van der Waals surface area contributed by atoms with E-state index in [-0.39, 0.29) is 0 Å². The molecule has 248 valence electrons. The minimum Gasteiger partial charge on any atom is -0.457 e. The molecule has 5 heteroatoms. The second-order valence-corrected chi connectivity index (χ2v) is 23.6. The molecule has 49 heavy (non-hydrogen) atoms. The smallest absolute Gasteiger partial charge is 0.127 e. The van der Waals surface area contributed by atoms with E-state index < -0.39 is 26.6 Å². The van der Waals surface area contributed by atoms with Crippen LogP contribution in [0.3, 0.4) is 0 Å². The summed E-state index contributed by atoms with van der Waals surface area (Å²) in [7, 11) is -4.95. The molecular formula is C44H46O3Si2. The molecule has 0 aliphatic carbocycles. The molecule has 0 saturated carbocycles. The van der Waals surface area contributed by atoms with Gasteiger partial charge in [-0.05, 0) is 73.5 Å². The van der Waals surface area contributed by atoms with Gasteiger partial charge in [-0.1, -0.05) is 158 Å². The Morgan fingerprint density at radius 3 is 1.02 bits per heavy atom. The first-order chi connectivity index (χ1) is 23.5. The predicted molar refractivity (Wildman–Crippen MR) is 209 cm³/mol. The Kier molecular flexibility index (Phi) is 9.80. The molecule has 6 aromatic rings. The van der Waals surface area contributed by atoms with Crippen LogP contribution in [-0.4, -0.2) is 16.1 Å². The topological polar surface area (TPSA) is 27.7 Å². The largest absolute Gasteiger partial charge is 0.457 e. The second kappa shape index (κ2) is 14.0. The third kappa shape index (κ3) is 6.93. The van der Waals surface area contributed by atoms with E-state index in [1.807, 2.05) is 72.8 Å². The fourth-order valence-corrected chi connectivity index (χ4v) is 12.7. The molecule has 0 aliphatic heterocycles. The van der Waals surface area contributed by atoms with E-state index in [0.717, 1.165) is 34.1 Å². The van der Waals surface area contributed by atoms with Crippen LogP contribution in [0.4, 0.5) is 0 Å². The summed E-state index contributed by atoms with van der Waals surface area (Å²) in [6.07, 6.45) is 0. The van der Waals surface area contributed by atoms with E-state index in [2.05, 4.69) is 137 Å². The molecule has 0 heterocycles. The maximum absolute atomic E-state index is 8.06. The van der Waals surface area contributed by atoms with Gasteiger partial charge in [0.25, 0.3) is 0 Å². The number of rotatable bonds is 12. The van der Waals surface area contributed by atoms with Crippen LogP contribution in [0.15, 0.2) is 170 Å². The molecular weight excluding hydrogens is 633 g/mol. The van der Waals surface area contributed by atoms with Crippen LogP contribution in [0, 0.1) is 0 Å². The summed E-state index contributed by atoms with van der Waals surface area (Å²) in [6.45, 7) is 14.3. The molecule has 0 N–H and O–H groups in total. The Labute approximate surface area is 294 Å². The lowest BCUT2D eigenvalue weighted by Gasteiger charge is -2.53. The van der Waals surface area contributed by atoms with Crippen molar-refractivity contribution in [1.29, 1.82) is 0 Å². The van der Waals surface area contributed by atoms with Gasteiger partial charge in [-0.15, -0.1) is 0 Å². The van der Waals surface area contributed by atoms with Gasteiger partial charge in [0.2, 0.25) is 0 Å². The Bertz CT molecular complexity index is 1820. The van der Waals surface area contributed by atoms with Gasteiger partial charge in [-0.3, -0.25) is 0 Å². The highest BCUT2D eigenvalue weighted by molar-refractivity contribution is 6.93. The van der Waals surface area contributed by atoms with Crippen LogP contribution in [0.1, 0.15) is 25.0 Å². The molecule has 0 bridgehead atoms. The molecule has 0 amide bonds. The SMILES string of the molecule is CC(OC(C)(c1cccc(Oc2ccccc2)c1)[Si](C)(C)c1ccccc1)(c1cccc(Oc2ccccc2)c1)[Si](C)(C)c1ccccc1. The summed E-state index contributed by atoms with van der Waals surface area (Å²) in [5, 5.41) is 1.28. The number of benzene rings is 6. The summed E-state index contributed by atoms with van der Waals surface area (Å²) in [5.74, 6) is 3.19. The molecule has 0 radical (unpaired) electrons. The molecule has 3 nitrogen and oxygen atoms in total. The van der Waals surface area contributed by atoms with Crippen molar-refractivity contribution in [1.82, 2.24) is 0 Å². The summed E-state index contributed by atoms with van der Waals surface area (Å²) >= 11 is 0. The Morgan fingerprint density at radius 1 is 0.367 bits per heavy atom. The van der Waals surface area contributed by atoms with Crippen molar-refractivity contribution < 1.29 is 14.2 Å². The lowest BCUT2D eigenvalue weighted by molar-refractivity contribution is -0.0682. The number of ether oxygens (including phenoxy) is 3. The Balaban J connectivity index is 1.54. The quantitative estimate of drug-likeness (QED) is 0.121. The molecule has 2 atom stereocenters. The van der Waals surface area contributed by atoms with Gasteiger partial charge in [0.05, 0.1) is 10.4 Å². The Morgan fingerprint density at radius 2 is 0.673 bits per heavy atom. The molecule has 2 unspecified atom stereocenters. The first-order valence-electron chi connectivity index (χ1n) is 17.0. The average Bonchev–Trinajstić information content (AvgIpc) is 3.13. The van der Waals surface area contributed by atoms with Gasteiger partial charge < -0.3 is 14.2 Å². The zero-order chi connectivity index (χ0) is 34.5. The minimum atomic E-state index is -2.47. The Hall–Kier alpha value is -4.69. The van der Waals surface area contributed by atoms with Gasteiger partial charge in [0, 0.05) is 0 Å². The summed E-state index contributed by atoms with van der Waals surface area (Å²) in [5.41, 5.74) is 2.20. The predicted octanol–water partition coefficient (Wildman–Crippen LogP) is 10.7. The van der Waals surface area contributed by atoms with Crippen LogP contribution in [0.2, 0.25) is 26.2 Å². The van der Waals surface area contributed by atoms with Crippen LogP contribution < -0.4 is 19.8 Å². The first-order valence-corrected chi connectivity index (χ1v) is 23.0. The molecule has 0 saturated heterocycles. The molecule has 0 fully saturated rings. The summed E-state index contributed by atoms with van der Waals surface area (Å²) in [6, 6.07) is 58.8. The van der Waals surface area contributed by atoms with Gasteiger partial charge in [-0.2, -0.15) is 0 Å². The van der Waals surface area contributed by atoms with Gasteiger partial charge in [0.1, 0.15) is 39.1 Å². The van der Waals surface area contributed by atoms with Crippen molar-refractivity contribution in [3.05, 3.63) is 181 Å². The highest BCUT2D eigenvalue weighted by atomic mass is 28.3. The van der Waals surface area contributed by atoms with E-state index in [4.69, 9.17) is 14.2 Å². The van der Waals surface area contributed by atoms with Gasteiger partial charge in [-0.25, -0.2) is 0 Å². The molecule has 0 aliphatic rings. The van der Waals surface area contributed by atoms with Crippen molar-refractivity contribution >= 4 is 26.5 Å². The first kappa shape index (κ1) is 34.2. The molecule has 6 rings (SSSR count). The van der Waals surface area contributed by atoms with Gasteiger partial charge >= 0.3 is 0 Å². The molecule has 6 aromatic carbocycles. The summed E-state index contributed by atoms with van der Waals surface area (Å²) < 4.78 is 20.9. The van der Waals surface area contributed by atoms with E-state index in [0.29, 0.717) is 0 Å². The zero-order valence-electron chi connectivity index (χ0n) is 29.4. The van der Waals surface area contributed by atoms with Crippen molar-refractivity contribution in [2.45, 2.75) is 50.5 Å². The van der Waals surface area contributed by atoms with Gasteiger partial charge in [0.15, 0.2) is 0 Å². The fourth-order valence-electron chi connectivity index (χ4n) is 6.73.